The third-order valence-corrected chi connectivity index (χ3v) is 4.81. The summed E-state index contributed by atoms with van der Waals surface area (Å²) in [6.45, 7) is 0. The molecule has 1 saturated heterocycles. The Morgan fingerprint density at radius 1 is 1.20 bits per heavy atom. The van der Waals surface area contributed by atoms with E-state index < -0.39 is 9.84 Å². The lowest BCUT2D eigenvalue weighted by Crippen LogP contribution is -2.87. The number of nitrogens with two attached hydrogens (primary N) is 1. The lowest BCUT2D eigenvalue weighted by Gasteiger charge is -2.14. The van der Waals surface area contributed by atoms with Gasteiger partial charge in [-0.2, -0.15) is 0 Å². The van der Waals surface area contributed by atoms with Crippen LogP contribution in [-0.2, 0) is 9.84 Å². The van der Waals surface area contributed by atoms with Gasteiger partial charge in [0.1, 0.15) is 11.8 Å². The highest BCUT2D eigenvalue weighted by Crippen LogP contribution is 2.27. The highest BCUT2D eigenvalue weighted by atomic mass is 32.2. The fourth-order valence-electron chi connectivity index (χ4n) is 2.25. The van der Waals surface area contributed by atoms with Crippen LogP contribution in [0.15, 0.2) is 30.3 Å². The van der Waals surface area contributed by atoms with Gasteiger partial charge in [0.15, 0.2) is 9.84 Å². The molecule has 0 bridgehead atoms. The van der Waals surface area contributed by atoms with Gasteiger partial charge in [0.25, 0.3) is 0 Å². The zero-order valence-electron chi connectivity index (χ0n) is 8.76. The van der Waals surface area contributed by atoms with Crippen molar-refractivity contribution in [1.29, 1.82) is 0 Å². The first-order valence-electron chi connectivity index (χ1n) is 5.17. The van der Waals surface area contributed by atoms with Gasteiger partial charge >= 0.3 is 0 Å². The number of likely N-dealkylation sites (N-methyl/N-ethyl adjacent to an activating group) is 1. The van der Waals surface area contributed by atoms with Gasteiger partial charge in [0.2, 0.25) is 0 Å². The van der Waals surface area contributed by atoms with Gasteiger partial charge in [-0.05, 0) is 5.56 Å². The fourth-order valence-corrected chi connectivity index (χ4v) is 4.38. The molecule has 0 unspecified atom stereocenters. The first-order valence-corrected chi connectivity index (χ1v) is 6.99. The SMILES string of the molecule is C[NH2+][C@@H]1CS(=O)(=O)C[C@H]1c1ccccc1. The van der Waals surface area contributed by atoms with E-state index >= 15 is 0 Å². The Morgan fingerprint density at radius 3 is 2.47 bits per heavy atom. The van der Waals surface area contributed by atoms with Crippen molar-refractivity contribution < 1.29 is 13.7 Å². The van der Waals surface area contributed by atoms with Gasteiger partial charge in [-0.1, -0.05) is 30.3 Å². The lowest BCUT2D eigenvalue weighted by molar-refractivity contribution is -0.660. The van der Waals surface area contributed by atoms with Gasteiger partial charge in [0, 0.05) is 0 Å². The first-order chi connectivity index (χ1) is 7.12. The molecule has 1 aliphatic heterocycles. The zero-order valence-corrected chi connectivity index (χ0v) is 9.57. The van der Waals surface area contributed by atoms with Crippen LogP contribution in [0.1, 0.15) is 11.5 Å². The van der Waals surface area contributed by atoms with Crippen LogP contribution >= 0.6 is 0 Å². The Hall–Kier alpha value is -0.870. The Labute approximate surface area is 90.4 Å². The second-order valence-electron chi connectivity index (χ2n) is 4.09. The minimum atomic E-state index is -2.84. The summed E-state index contributed by atoms with van der Waals surface area (Å²) in [4.78, 5) is 0. The van der Waals surface area contributed by atoms with Gasteiger partial charge in [-0.3, -0.25) is 0 Å². The quantitative estimate of drug-likeness (QED) is 0.756. The summed E-state index contributed by atoms with van der Waals surface area (Å²) in [5.41, 5.74) is 1.14. The first kappa shape index (κ1) is 10.6. The third-order valence-electron chi connectivity index (χ3n) is 3.05. The van der Waals surface area contributed by atoms with E-state index in [0.717, 1.165) is 5.56 Å². The number of hydrogen-bond acceptors (Lipinski definition) is 2. The molecule has 1 fully saturated rings. The summed E-state index contributed by atoms with van der Waals surface area (Å²) < 4.78 is 23.1. The third kappa shape index (κ3) is 2.21. The van der Waals surface area contributed by atoms with Gasteiger partial charge in [-0.25, -0.2) is 8.42 Å². The lowest BCUT2D eigenvalue weighted by atomic mass is 9.95. The van der Waals surface area contributed by atoms with Crippen molar-refractivity contribution in [3.63, 3.8) is 0 Å². The summed E-state index contributed by atoms with van der Waals surface area (Å²) in [7, 11) is -0.890. The average Bonchev–Trinajstić information content (AvgIpc) is 2.55. The standard InChI is InChI=1S/C11H15NO2S/c1-12-11-8-15(13,14)7-10(11)9-5-3-2-4-6-9/h2-6,10-12H,7-8H2,1H3/p+1/t10-,11+/m0/s1. The Balaban J connectivity index is 2.30. The zero-order chi connectivity index (χ0) is 10.9. The smallest absolute Gasteiger partial charge is 0.156 e. The molecule has 0 spiro atoms. The maximum Gasteiger partial charge on any atom is 0.156 e. The maximum absolute atomic E-state index is 11.6. The van der Waals surface area contributed by atoms with Gasteiger partial charge < -0.3 is 5.32 Å². The minimum Gasteiger partial charge on any atom is -0.345 e. The summed E-state index contributed by atoms with van der Waals surface area (Å²) in [6, 6.07) is 10.1. The second kappa shape index (κ2) is 3.94. The van der Waals surface area contributed by atoms with E-state index in [4.69, 9.17) is 0 Å². The molecular formula is C11H16NO2S+. The molecular weight excluding hydrogens is 210 g/mol. The van der Waals surface area contributed by atoms with Crippen LogP contribution in [0.5, 0.6) is 0 Å². The van der Waals surface area contributed by atoms with Crippen molar-refractivity contribution in [3.05, 3.63) is 35.9 Å². The van der Waals surface area contributed by atoms with Crippen molar-refractivity contribution in [3.8, 4) is 0 Å². The van der Waals surface area contributed by atoms with Crippen molar-refractivity contribution in [2.75, 3.05) is 18.6 Å². The Morgan fingerprint density at radius 2 is 1.87 bits per heavy atom. The number of sulfone groups is 1. The van der Waals surface area contributed by atoms with Gasteiger partial charge in [-0.15, -0.1) is 0 Å². The van der Waals surface area contributed by atoms with E-state index in [1.165, 1.54) is 0 Å². The molecule has 1 aliphatic rings. The highest BCUT2D eigenvalue weighted by molar-refractivity contribution is 7.91. The molecule has 0 amide bonds. The number of rotatable bonds is 2. The van der Waals surface area contributed by atoms with Crippen molar-refractivity contribution >= 4 is 9.84 Å². The average molecular weight is 226 g/mol. The topological polar surface area (TPSA) is 50.8 Å². The number of hydrogen-bond donors (Lipinski definition) is 1. The van der Waals surface area contributed by atoms with Crippen LogP contribution < -0.4 is 5.32 Å². The van der Waals surface area contributed by atoms with E-state index in [0.29, 0.717) is 11.5 Å². The minimum absolute atomic E-state index is 0.154. The predicted octanol–water partition coefficient (Wildman–Crippen LogP) is -0.240. The van der Waals surface area contributed by atoms with Crippen molar-refractivity contribution in [2.24, 2.45) is 0 Å². The molecule has 0 radical (unpaired) electrons. The molecule has 0 aliphatic carbocycles. The molecule has 15 heavy (non-hydrogen) atoms. The normalized spacial score (nSPS) is 29.1. The van der Waals surface area contributed by atoms with E-state index in [-0.39, 0.29) is 12.0 Å². The van der Waals surface area contributed by atoms with Crippen LogP contribution in [-0.4, -0.2) is 33.0 Å². The number of benzene rings is 1. The predicted molar refractivity (Wildman–Crippen MR) is 59.5 cm³/mol. The molecule has 2 rings (SSSR count). The summed E-state index contributed by atoms with van der Waals surface area (Å²) >= 11 is 0. The van der Waals surface area contributed by atoms with E-state index in [2.05, 4.69) is 0 Å². The Kier molecular flexibility index (Phi) is 2.80. The van der Waals surface area contributed by atoms with Crippen LogP contribution in [0.3, 0.4) is 0 Å². The van der Waals surface area contributed by atoms with Crippen LogP contribution in [0.2, 0.25) is 0 Å². The van der Waals surface area contributed by atoms with E-state index in [1.807, 2.05) is 42.7 Å². The molecule has 82 valence electrons. The van der Waals surface area contributed by atoms with E-state index in [9.17, 15) is 8.42 Å². The molecule has 1 heterocycles. The van der Waals surface area contributed by atoms with Crippen LogP contribution in [0.4, 0.5) is 0 Å². The van der Waals surface area contributed by atoms with Crippen molar-refractivity contribution in [2.45, 2.75) is 12.0 Å². The van der Waals surface area contributed by atoms with Crippen LogP contribution in [0, 0.1) is 0 Å². The Bertz CT molecular complexity index is 427. The maximum atomic E-state index is 11.6. The van der Waals surface area contributed by atoms with Crippen LogP contribution in [0.25, 0.3) is 0 Å². The molecule has 2 N–H and O–H groups in total. The molecule has 0 saturated carbocycles. The molecule has 0 aromatic heterocycles. The van der Waals surface area contributed by atoms with E-state index in [1.54, 1.807) is 0 Å². The summed E-state index contributed by atoms with van der Waals surface area (Å²) in [6.07, 6.45) is 0. The molecule has 2 atom stereocenters. The van der Waals surface area contributed by atoms with Gasteiger partial charge in [0.05, 0.1) is 18.7 Å². The molecule has 1 aromatic carbocycles. The highest BCUT2D eigenvalue weighted by Gasteiger charge is 2.40. The molecule has 1 aromatic rings. The van der Waals surface area contributed by atoms with Crippen molar-refractivity contribution in [1.82, 2.24) is 0 Å². The molecule has 4 heteroatoms. The number of quaternary nitrogens is 1. The molecule has 3 nitrogen and oxygen atoms in total. The summed E-state index contributed by atoms with van der Waals surface area (Å²) in [5, 5.41) is 2.02. The monoisotopic (exact) mass is 226 g/mol. The second-order valence-corrected chi connectivity index (χ2v) is 6.25. The largest absolute Gasteiger partial charge is 0.345 e. The fraction of sp³-hybridized carbons (Fsp3) is 0.455. The summed E-state index contributed by atoms with van der Waals surface area (Å²) in [5.74, 6) is 0.760.